The molecule has 3 aliphatic rings. The molecule has 13 heteroatoms. The Hall–Kier alpha value is -5.43. The maximum atomic E-state index is 14.1. The van der Waals surface area contributed by atoms with Gasteiger partial charge in [-0.15, -0.1) is 0 Å². The molecule has 12 nitrogen and oxygen atoms in total. The summed E-state index contributed by atoms with van der Waals surface area (Å²) in [6.45, 7) is 1.85. The minimum Gasteiger partial charge on any atom is -0.497 e. The van der Waals surface area contributed by atoms with Crippen LogP contribution in [0.4, 0.5) is 0 Å². The van der Waals surface area contributed by atoms with Gasteiger partial charge in [0, 0.05) is 42.3 Å². The molecule has 0 bridgehead atoms. The van der Waals surface area contributed by atoms with Crippen LogP contribution >= 0.6 is 0 Å². The molecule has 3 aromatic carbocycles. The van der Waals surface area contributed by atoms with Gasteiger partial charge in [0.15, 0.2) is 0 Å². The number of rotatable bonds is 6. The average Bonchev–Trinajstić information content (AvgIpc) is 3.68. The van der Waals surface area contributed by atoms with Gasteiger partial charge in [0.05, 0.1) is 31.5 Å². The number of ether oxygens (including phenoxy) is 3. The first-order valence-corrected chi connectivity index (χ1v) is 19.3. The summed E-state index contributed by atoms with van der Waals surface area (Å²) < 4.78 is 47.2. The highest BCUT2D eigenvalue weighted by Crippen LogP contribution is 2.46. The number of aromatic nitrogens is 1. The van der Waals surface area contributed by atoms with Crippen molar-refractivity contribution in [1.29, 1.82) is 0 Å². The first-order valence-electron chi connectivity index (χ1n) is 17.8. The van der Waals surface area contributed by atoms with E-state index in [1.165, 1.54) is 17.9 Å². The first kappa shape index (κ1) is 36.0. The molecular formula is C40H42N4O8S. The Morgan fingerprint density at radius 3 is 2.60 bits per heavy atom. The van der Waals surface area contributed by atoms with E-state index in [4.69, 9.17) is 19.2 Å². The number of fused-ring (bicyclic) bond motifs is 3. The van der Waals surface area contributed by atoms with Crippen LogP contribution in [0.1, 0.15) is 45.4 Å². The molecule has 0 unspecified atom stereocenters. The number of hydrogen-bond donors (Lipinski definition) is 2. The van der Waals surface area contributed by atoms with E-state index >= 15 is 0 Å². The van der Waals surface area contributed by atoms with Crippen molar-refractivity contribution in [1.82, 2.24) is 19.9 Å². The fraction of sp³-hybridized carbons (Fsp3) is 0.350. The molecule has 2 aliphatic heterocycles. The lowest BCUT2D eigenvalue weighted by Gasteiger charge is -2.25. The number of carbonyl (C=O) groups is 3. The number of methoxy groups -OCH3 is 1. The van der Waals surface area contributed by atoms with Crippen LogP contribution in [-0.2, 0) is 24.4 Å². The van der Waals surface area contributed by atoms with Gasteiger partial charge in [0.1, 0.15) is 39.8 Å². The molecule has 1 saturated carbocycles. The zero-order valence-corrected chi connectivity index (χ0v) is 30.4. The van der Waals surface area contributed by atoms with Gasteiger partial charge in [-0.05, 0) is 56.4 Å². The maximum Gasteiger partial charge on any atom is 0.267 e. The molecule has 1 aromatic heterocycles. The van der Waals surface area contributed by atoms with Crippen molar-refractivity contribution in [2.45, 2.75) is 68.0 Å². The number of benzene rings is 3. The minimum atomic E-state index is -4.36. The Bertz CT molecular complexity index is 2180. The molecule has 2 fully saturated rings. The average molecular weight is 739 g/mol. The van der Waals surface area contributed by atoms with Crippen molar-refractivity contribution >= 4 is 38.6 Å². The lowest BCUT2D eigenvalue weighted by molar-refractivity contribution is -0.138. The van der Waals surface area contributed by atoms with Crippen LogP contribution in [0.2, 0.25) is 0 Å². The third-order valence-electron chi connectivity index (χ3n) is 10.1. The second-order valence-corrected chi connectivity index (χ2v) is 15.3. The number of nitrogens with zero attached hydrogens (tertiary/aromatic N) is 2. The van der Waals surface area contributed by atoms with Gasteiger partial charge in [0.25, 0.3) is 15.9 Å². The fourth-order valence-corrected chi connectivity index (χ4v) is 8.33. The van der Waals surface area contributed by atoms with E-state index in [2.05, 4.69) is 10.0 Å². The van der Waals surface area contributed by atoms with E-state index < -0.39 is 45.4 Å². The molecule has 0 spiro atoms. The molecule has 53 heavy (non-hydrogen) atoms. The van der Waals surface area contributed by atoms with Crippen LogP contribution in [0.5, 0.6) is 17.2 Å². The van der Waals surface area contributed by atoms with Crippen LogP contribution < -0.4 is 24.2 Å². The van der Waals surface area contributed by atoms with Gasteiger partial charge in [-0.2, -0.15) is 0 Å². The van der Waals surface area contributed by atoms with E-state index in [0.717, 1.165) is 36.6 Å². The van der Waals surface area contributed by atoms with Crippen LogP contribution in [-0.4, -0.2) is 74.0 Å². The van der Waals surface area contributed by atoms with Crippen molar-refractivity contribution in [3.05, 3.63) is 91.0 Å². The van der Waals surface area contributed by atoms with Gasteiger partial charge in [-0.3, -0.25) is 14.4 Å². The van der Waals surface area contributed by atoms with Crippen molar-refractivity contribution in [3.63, 3.8) is 0 Å². The number of sulfonamides is 1. The fourth-order valence-electron chi connectivity index (χ4n) is 7.14. The summed E-state index contributed by atoms with van der Waals surface area (Å²) >= 11 is 0. The summed E-state index contributed by atoms with van der Waals surface area (Å²) in [5.74, 6) is -0.861. The van der Waals surface area contributed by atoms with E-state index in [0.29, 0.717) is 29.3 Å². The van der Waals surface area contributed by atoms with Crippen LogP contribution in [0.3, 0.4) is 0 Å². The van der Waals surface area contributed by atoms with Gasteiger partial charge in [0.2, 0.25) is 11.8 Å². The largest absolute Gasteiger partial charge is 0.497 e. The molecule has 1 aliphatic carbocycles. The Kier molecular flexibility index (Phi) is 10.1. The topological polar surface area (TPSA) is 153 Å². The molecule has 4 atom stereocenters. The SMILES string of the molecule is COc1ccc2c(O[C@@H]3C[C@@H](C(=O)N[C@]45C[C@@H]4/C=C/CCCCCOc4ccccc4S(=O)(=O)NC5=O)N(C(C)=O)C3)cc(-c3ccccc3)nc2c1. The summed E-state index contributed by atoms with van der Waals surface area (Å²) in [5.41, 5.74) is 0.702. The summed E-state index contributed by atoms with van der Waals surface area (Å²) in [6, 6.07) is 22.2. The highest BCUT2D eigenvalue weighted by Gasteiger charge is 2.61. The van der Waals surface area contributed by atoms with Gasteiger partial charge in [-0.25, -0.2) is 18.1 Å². The predicted molar refractivity (Wildman–Crippen MR) is 198 cm³/mol. The van der Waals surface area contributed by atoms with Crippen molar-refractivity contribution in [2.75, 3.05) is 20.3 Å². The number of para-hydroxylation sites is 1. The van der Waals surface area contributed by atoms with Gasteiger partial charge >= 0.3 is 0 Å². The lowest BCUT2D eigenvalue weighted by Crippen LogP contribution is -2.56. The van der Waals surface area contributed by atoms with Gasteiger partial charge < -0.3 is 24.4 Å². The third kappa shape index (κ3) is 7.57. The highest BCUT2D eigenvalue weighted by atomic mass is 32.2. The quantitative estimate of drug-likeness (QED) is 0.255. The molecule has 0 radical (unpaired) electrons. The normalized spacial score (nSPS) is 24.6. The number of carbonyl (C=O) groups excluding carboxylic acids is 3. The maximum absolute atomic E-state index is 14.1. The van der Waals surface area contributed by atoms with Crippen molar-refractivity contribution < 1.29 is 37.0 Å². The predicted octanol–water partition coefficient (Wildman–Crippen LogP) is 5.17. The number of allylic oxidation sites excluding steroid dienone is 1. The molecular weight excluding hydrogens is 697 g/mol. The van der Waals surface area contributed by atoms with E-state index in [-0.39, 0.29) is 35.9 Å². The minimum absolute atomic E-state index is 0.127. The standard InChI is InChI=1S/C40H42N4O8S/c1-26(45)44-25-30(52-36-23-32(27-13-7-6-8-14-27)41-33-21-29(50-2)18-19-31(33)36)22-34(44)38(46)42-40-24-28(40)15-9-4-3-5-12-20-51-35-16-10-11-17-37(35)53(48,49)43-39(40)47/h6-11,13-19,21,23,28,30,34H,3-5,12,20,22,24-25H2,1-2H3,(H,42,46)(H,43,47)/b15-9+/t28-,30+,34-,40+/m0/s1. The number of amides is 3. The molecule has 276 valence electrons. The van der Waals surface area contributed by atoms with Crippen molar-refractivity contribution in [2.24, 2.45) is 5.92 Å². The van der Waals surface area contributed by atoms with Crippen LogP contribution in [0.25, 0.3) is 22.2 Å². The molecule has 3 heterocycles. The van der Waals surface area contributed by atoms with Crippen LogP contribution in [0, 0.1) is 5.92 Å². The lowest BCUT2D eigenvalue weighted by atomic mass is 10.1. The zero-order chi connectivity index (χ0) is 37.2. The first-order chi connectivity index (χ1) is 25.6. The van der Waals surface area contributed by atoms with E-state index in [1.807, 2.05) is 66.7 Å². The molecule has 4 aromatic rings. The molecule has 3 amide bonds. The number of nitrogens with one attached hydrogen (secondary N) is 2. The molecule has 1 saturated heterocycles. The summed E-state index contributed by atoms with van der Waals surface area (Å²) in [5, 5.41) is 3.62. The molecule has 7 rings (SSSR count). The second kappa shape index (κ2) is 14.9. The summed E-state index contributed by atoms with van der Waals surface area (Å²) in [4.78, 5) is 47.2. The monoisotopic (exact) mass is 738 g/mol. The smallest absolute Gasteiger partial charge is 0.267 e. The molecule has 2 N–H and O–H groups in total. The Labute approximate surface area is 308 Å². The Morgan fingerprint density at radius 1 is 1.02 bits per heavy atom. The van der Waals surface area contributed by atoms with Crippen LogP contribution in [0.15, 0.2) is 95.9 Å². The Morgan fingerprint density at radius 2 is 1.81 bits per heavy atom. The van der Waals surface area contributed by atoms with Crippen molar-refractivity contribution in [3.8, 4) is 28.5 Å². The van der Waals surface area contributed by atoms with E-state index in [1.54, 1.807) is 25.3 Å². The number of likely N-dealkylation sites (tertiary alicyclic amines) is 1. The van der Waals surface area contributed by atoms with E-state index in [9.17, 15) is 22.8 Å². The Balaban J connectivity index is 1.15. The summed E-state index contributed by atoms with van der Waals surface area (Å²) in [7, 11) is -2.77. The third-order valence-corrected chi connectivity index (χ3v) is 11.5. The number of hydrogen-bond acceptors (Lipinski definition) is 9. The zero-order valence-electron chi connectivity index (χ0n) is 29.6. The highest BCUT2D eigenvalue weighted by molar-refractivity contribution is 7.90. The second-order valence-electron chi connectivity index (χ2n) is 13.7. The van der Waals surface area contributed by atoms with Gasteiger partial charge in [-0.1, -0.05) is 54.6 Å². The summed E-state index contributed by atoms with van der Waals surface area (Å²) in [6.07, 6.45) is 6.90. The number of pyridine rings is 1.